The van der Waals surface area contributed by atoms with E-state index < -0.39 is 22.9 Å². The summed E-state index contributed by atoms with van der Waals surface area (Å²) < 4.78 is 5.04. The molecule has 2 unspecified atom stereocenters. The molecular weight excluding hydrogens is 382 g/mol. The van der Waals surface area contributed by atoms with E-state index in [1.807, 2.05) is 0 Å². The van der Waals surface area contributed by atoms with Gasteiger partial charge in [0.1, 0.15) is 11.7 Å². The number of carbonyl (C=O) groups is 3. The van der Waals surface area contributed by atoms with Crippen molar-refractivity contribution in [1.82, 2.24) is 9.80 Å². The first kappa shape index (κ1) is 18.9. The number of ether oxygens (including phenoxy) is 1. The van der Waals surface area contributed by atoms with Gasteiger partial charge in [0.2, 0.25) is 5.91 Å². The minimum absolute atomic E-state index is 0.0315. The van der Waals surface area contributed by atoms with Crippen LogP contribution in [-0.2, 0) is 25.5 Å². The Morgan fingerprint density at radius 1 is 1.31 bits per heavy atom. The van der Waals surface area contributed by atoms with Crippen LogP contribution in [0.15, 0.2) is 35.7 Å². The largest absolute Gasteiger partial charge is 0.477 e. The van der Waals surface area contributed by atoms with Gasteiger partial charge in [-0.2, -0.15) is 0 Å². The Kier molecular flexibility index (Phi) is 4.48. The molecule has 3 heterocycles. The molecule has 1 aromatic carbocycles. The molecule has 3 atom stereocenters. The van der Waals surface area contributed by atoms with Crippen LogP contribution >= 0.6 is 0 Å². The Balaban J connectivity index is 1.64. The van der Waals surface area contributed by atoms with Gasteiger partial charge in [-0.05, 0) is 18.9 Å². The fourth-order valence-electron chi connectivity index (χ4n) is 4.18. The van der Waals surface area contributed by atoms with Crippen molar-refractivity contribution in [3.8, 4) is 0 Å². The zero-order chi connectivity index (χ0) is 20.9. The van der Waals surface area contributed by atoms with Gasteiger partial charge in [-0.25, -0.2) is 9.59 Å². The van der Waals surface area contributed by atoms with Crippen molar-refractivity contribution in [3.05, 3.63) is 51.3 Å². The fraction of sp³-hybridized carbons (Fsp3) is 0.421. The van der Waals surface area contributed by atoms with E-state index in [1.54, 1.807) is 24.0 Å². The Morgan fingerprint density at radius 2 is 2.00 bits per heavy atom. The first-order chi connectivity index (χ1) is 13.8. The average Bonchev–Trinajstić information content (AvgIpc) is 3.41. The maximum Gasteiger partial charge on any atom is 0.354 e. The highest BCUT2D eigenvalue weighted by molar-refractivity contribution is 5.98. The van der Waals surface area contributed by atoms with Crippen molar-refractivity contribution in [3.63, 3.8) is 0 Å². The van der Waals surface area contributed by atoms with Gasteiger partial charge >= 0.3 is 11.9 Å². The van der Waals surface area contributed by atoms with Gasteiger partial charge in [0.25, 0.3) is 5.69 Å². The predicted molar refractivity (Wildman–Crippen MR) is 97.3 cm³/mol. The van der Waals surface area contributed by atoms with Crippen LogP contribution in [0.3, 0.4) is 0 Å². The van der Waals surface area contributed by atoms with Gasteiger partial charge < -0.3 is 19.6 Å². The van der Waals surface area contributed by atoms with Crippen molar-refractivity contribution in [2.24, 2.45) is 5.92 Å². The van der Waals surface area contributed by atoms with Gasteiger partial charge in [0.15, 0.2) is 0 Å². The molecule has 10 nitrogen and oxygen atoms in total. The van der Waals surface area contributed by atoms with Gasteiger partial charge in [-0.15, -0.1) is 0 Å². The van der Waals surface area contributed by atoms with E-state index in [-0.39, 0.29) is 42.3 Å². The predicted octanol–water partition coefficient (Wildman–Crippen LogP) is 0.912. The first-order valence-corrected chi connectivity index (χ1v) is 9.29. The van der Waals surface area contributed by atoms with Crippen LogP contribution in [0.25, 0.3) is 0 Å². The Bertz CT molecular complexity index is 940. The van der Waals surface area contributed by atoms with Crippen molar-refractivity contribution in [2.75, 3.05) is 13.2 Å². The third-order valence-electron chi connectivity index (χ3n) is 5.57. The number of hydrogen-bond acceptors (Lipinski definition) is 7. The van der Waals surface area contributed by atoms with Crippen LogP contribution in [0.5, 0.6) is 0 Å². The molecule has 2 saturated heterocycles. The maximum absolute atomic E-state index is 12.1. The van der Waals surface area contributed by atoms with Crippen LogP contribution in [0, 0.1) is 16.0 Å². The van der Waals surface area contributed by atoms with Crippen LogP contribution in [0.4, 0.5) is 5.69 Å². The number of aliphatic carboxylic acids is 1. The number of esters is 1. The lowest BCUT2D eigenvalue weighted by Gasteiger charge is -2.38. The number of fused-ring (bicyclic) bond motifs is 1. The Labute approximate surface area is 165 Å². The molecule has 0 aromatic heterocycles. The summed E-state index contributed by atoms with van der Waals surface area (Å²) in [6.45, 7) is 2.27. The quantitative estimate of drug-likeness (QED) is 0.235. The normalized spacial score (nSPS) is 24.9. The summed E-state index contributed by atoms with van der Waals surface area (Å²) in [5.74, 6) is -2.19. The molecule has 0 saturated carbocycles. The number of nitro benzene ring substituents is 1. The van der Waals surface area contributed by atoms with Crippen molar-refractivity contribution >= 4 is 23.5 Å². The lowest BCUT2D eigenvalue weighted by atomic mass is 9.86. The Hall–Kier alpha value is -3.43. The number of carbonyl (C=O) groups excluding carboxylic acids is 2. The number of amides is 1. The molecular formula is C19H19N3O7. The SMILES string of the molecule is CCOC(=O)C1CN1C1=C(C(=O)O)N2C(=O)C[C@H]2C1Cc1ccc([N+](=O)[O-])cc1. The number of nitro groups is 1. The zero-order valence-corrected chi connectivity index (χ0v) is 15.6. The summed E-state index contributed by atoms with van der Waals surface area (Å²) in [4.78, 5) is 49.5. The van der Waals surface area contributed by atoms with Crippen LogP contribution in [0.1, 0.15) is 18.9 Å². The molecule has 29 heavy (non-hydrogen) atoms. The van der Waals surface area contributed by atoms with Crippen LogP contribution < -0.4 is 0 Å². The van der Waals surface area contributed by atoms with E-state index in [9.17, 15) is 29.6 Å². The topological polar surface area (TPSA) is 130 Å². The third kappa shape index (κ3) is 3.10. The molecule has 10 heteroatoms. The molecule has 0 bridgehead atoms. The molecule has 0 spiro atoms. The lowest BCUT2D eigenvalue weighted by Crippen LogP contribution is -2.52. The second-order valence-corrected chi connectivity index (χ2v) is 7.23. The highest BCUT2D eigenvalue weighted by atomic mass is 16.6. The van der Waals surface area contributed by atoms with Gasteiger partial charge in [-0.1, -0.05) is 12.1 Å². The van der Waals surface area contributed by atoms with Gasteiger partial charge in [0.05, 0.1) is 23.3 Å². The molecule has 2 fully saturated rings. The van der Waals surface area contributed by atoms with E-state index in [0.29, 0.717) is 18.7 Å². The van der Waals surface area contributed by atoms with Crippen LogP contribution in [-0.4, -0.2) is 62.9 Å². The number of rotatable bonds is 7. The summed E-state index contributed by atoms with van der Waals surface area (Å²) in [5, 5.41) is 20.6. The van der Waals surface area contributed by atoms with E-state index in [1.165, 1.54) is 17.0 Å². The molecule has 1 N–H and O–H groups in total. The summed E-state index contributed by atoms with van der Waals surface area (Å²) in [6.07, 6.45) is 0.639. The number of hydrogen-bond donors (Lipinski definition) is 1. The smallest absolute Gasteiger partial charge is 0.354 e. The number of carboxylic acid groups (broad SMARTS) is 1. The molecule has 0 aliphatic carbocycles. The molecule has 1 amide bonds. The summed E-state index contributed by atoms with van der Waals surface area (Å²) in [5.41, 5.74) is 1.14. The summed E-state index contributed by atoms with van der Waals surface area (Å²) in [7, 11) is 0. The standard InChI is InChI=1S/C19H19N3O7/c1-2-29-19(26)14-9-20(14)16-12(7-10-3-5-11(6-4-10)22(27)28)13-8-15(23)21(13)17(16)18(24)25/h3-6,12-14H,2,7-9H2,1H3,(H,24,25)/t12?,13-,14?,20?/m0/s1. The highest BCUT2D eigenvalue weighted by Crippen LogP contribution is 2.48. The van der Waals surface area contributed by atoms with Gasteiger partial charge in [-0.3, -0.25) is 14.9 Å². The second-order valence-electron chi connectivity index (χ2n) is 7.23. The second kappa shape index (κ2) is 6.87. The summed E-state index contributed by atoms with van der Waals surface area (Å²) in [6, 6.07) is 5.21. The Morgan fingerprint density at radius 3 is 2.55 bits per heavy atom. The monoisotopic (exact) mass is 401 g/mol. The minimum atomic E-state index is -1.21. The number of benzene rings is 1. The average molecular weight is 401 g/mol. The number of nitrogens with zero attached hydrogens (tertiary/aromatic N) is 3. The lowest BCUT2D eigenvalue weighted by molar-refractivity contribution is -0.384. The van der Waals surface area contributed by atoms with Crippen molar-refractivity contribution in [1.29, 1.82) is 0 Å². The first-order valence-electron chi connectivity index (χ1n) is 9.29. The maximum atomic E-state index is 12.1. The molecule has 152 valence electrons. The number of β-lactam (4-membered cyclic amide) rings is 1. The minimum Gasteiger partial charge on any atom is -0.477 e. The number of carboxylic acids is 1. The molecule has 4 rings (SSSR count). The molecule has 3 aliphatic heterocycles. The highest BCUT2D eigenvalue weighted by Gasteiger charge is 2.58. The third-order valence-corrected chi connectivity index (χ3v) is 5.57. The van der Waals surface area contributed by atoms with E-state index in [0.717, 1.165) is 5.56 Å². The summed E-state index contributed by atoms with van der Waals surface area (Å²) >= 11 is 0. The van der Waals surface area contributed by atoms with E-state index in [2.05, 4.69) is 0 Å². The number of non-ortho nitro benzene ring substituents is 1. The van der Waals surface area contributed by atoms with Crippen molar-refractivity contribution in [2.45, 2.75) is 31.8 Å². The molecule has 1 aromatic rings. The van der Waals surface area contributed by atoms with Gasteiger partial charge in [0, 0.05) is 31.0 Å². The molecule has 3 aliphatic rings. The van der Waals surface area contributed by atoms with Crippen molar-refractivity contribution < 1.29 is 29.2 Å². The fourth-order valence-corrected chi connectivity index (χ4v) is 4.18. The molecule has 0 radical (unpaired) electrons. The van der Waals surface area contributed by atoms with E-state index >= 15 is 0 Å². The van der Waals surface area contributed by atoms with Crippen LogP contribution in [0.2, 0.25) is 0 Å². The zero-order valence-electron chi connectivity index (χ0n) is 15.6. The van der Waals surface area contributed by atoms with E-state index in [4.69, 9.17) is 4.74 Å².